The minimum atomic E-state index is 0.381. The SMILES string of the molecule is Cc1cc(Cl)c(C(Br)C2(CC(C)C)CCCC2)cc1C. The Morgan fingerprint density at radius 3 is 2.25 bits per heavy atom. The van der Waals surface area contributed by atoms with Crippen molar-refractivity contribution in [3.8, 4) is 0 Å². The van der Waals surface area contributed by atoms with Crippen LogP contribution in [0.2, 0.25) is 5.02 Å². The van der Waals surface area contributed by atoms with Crippen molar-refractivity contribution >= 4 is 27.5 Å². The van der Waals surface area contributed by atoms with E-state index in [-0.39, 0.29) is 0 Å². The molecule has 0 nitrogen and oxygen atoms in total. The Kier molecular flexibility index (Phi) is 5.24. The summed E-state index contributed by atoms with van der Waals surface area (Å²) in [6, 6.07) is 4.41. The Morgan fingerprint density at radius 2 is 1.70 bits per heavy atom. The van der Waals surface area contributed by atoms with Gasteiger partial charge in [-0.15, -0.1) is 0 Å². The van der Waals surface area contributed by atoms with Gasteiger partial charge in [0.25, 0.3) is 0 Å². The summed E-state index contributed by atoms with van der Waals surface area (Å²) in [7, 11) is 0. The third-order valence-corrected chi connectivity index (χ3v) is 6.63. The van der Waals surface area contributed by atoms with E-state index in [1.54, 1.807) is 0 Å². The van der Waals surface area contributed by atoms with Crippen LogP contribution in [-0.2, 0) is 0 Å². The highest BCUT2D eigenvalue weighted by Crippen LogP contribution is 2.56. The largest absolute Gasteiger partial charge is 0.0840 e. The van der Waals surface area contributed by atoms with Gasteiger partial charge in [0.05, 0.1) is 0 Å². The summed E-state index contributed by atoms with van der Waals surface area (Å²) in [5, 5.41) is 0.921. The second kappa shape index (κ2) is 6.40. The van der Waals surface area contributed by atoms with Crippen molar-refractivity contribution in [3.63, 3.8) is 0 Å². The zero-order valence-electron chi connectivity index (χ0n) is 13.1. The first-order valence-corrected chi connectivity index (χ1v) is 9.06. The van der Waals surface area contributed by atoms with E-state index in [0.29, 0.717) is 10.2 Å². The van der Waals surface area contributed by atoms with Crippen LogP contribution in [0.5, 0.6) is 0 Å². The zero-order valence-corrected chi connectivity index (χ0v) is 15.4. The van der Waals surface area contributed by atoms with Crippen molar-refractivity contribution in [1.29, 1.82) is 0 Å². The van der Waals surface area contributed by atoms with Crippen LogP contribution >= 0.6 is 27.5 Å². The Bertz CT molecular complexity index is 473. The molecule has 1 fully saturated rings. The Morgan fingerprint density at radius 1 is 1.15 bits per heavy atom. The second-order valence-electron chi connectivity index (χ2n) is 6.99. The maximum Gasteiger partial charge on any atom is 0.0466 e. The summed E-state index contributed by atoms with van der Waals surface area (Å²) in [5.74, 6) is 0.735. The summed E-state index contributed by atoms with van der Waals surface area (Å²) in [6.07, 6.45) is 6.65. The Balaban J connectivity index is 2.37. The standard InChI is InChI=1S/C18H26BrCl/c1-12(2)11-18(7-5-6-8-18)17(19)15-9-13(3)14(4)10-16(15)20/h9-10,12,17H,5-8,11H2,1-4H3. The maximum absolute atomic E-state index is 6.54. The van der Waals surface area contributed by atoms with Crippen LogP contribution in [-0.4, -0.2) is 0 Å². The molecular formula is C18H26BrCl. The topological polar surface area (TPSA) is 0 Å². The van der Waals surface area contributed by atoms with Gasteiger partial charge in [-0.1, -0.05) is 60.3 Å². The lowest BCUT2D eigenvalue weighted by molar-refractivity contribution is 0.230. The predicted octanol–water partition coefficient (Wildman–Crippen LogP) is 7.00. The Hall–Kier alpha value is -0.0100. The lowest BCUT2D eigenvalue weighted by atomic mass is 9.73. The molecule has 0 aliphatic heterocycles. The first kappa shape index (κ1) is 16.4. The zero-order chi connectivity index (χ0) is 14.9. The van der Waals surface area contributed by atoms with Crippen LogP contribution in [0.3, 0.4) is 0 Å². The van der Waals surface area contributed by atoms with Gasteiger partial charge < -0.3 is 0 Å². The predicted molar refractivity (Wildman–Crippen MR) is 93.0 cm³/mol. The maximum atomic E-state index is 6.54. The van der Waals surface area contributed by atoms with Crippen molar-refractivity contribution < 1.29 is 0 Å². The van der Waals surface area contributed by atoms with Crippen molar-refractivity contribution in [2.75, 3.05) is 0 Å². The number of alkyl halides is 1. The van der Waals surface area contributed by atoms with E-state index in [9.17, 15) is 0 Å². The summed E-state index contributed by atoms with van der Waals surface area (Å²) in [6.45, 7) is 8.98. The number of halogens is 2. The molecule has 1 unspecified atom stereocenters. The molecule has 112 valence electrons. The van der Waals surface area contributed by atoms with Crippen LogP contribution in [0.15, 0.2) is 12.1 Å². The molecule has 0 saturated heterocycles. The quantitative estimate of drug-likeness (QED) is 0.509. The van der Waals surface area contributed by atoms with Crippen LogP contribution in [0.25, 0.3) is 0 Å². The van der Waals surface area contributed by atoms with Gasteiger partial charge in [-0.05, 0) is 67.2 Å². The molecule has 0 heterocycles. The van der Waals surface area contributed by atoms with Gasteiger partial charge in [-0.25, -0.2) is 0 Å². The number of rotatable bonds is 4. The van der Waals surface area contributed by atoms with E-state index in [1.165, 1.54) is 48.8 Å². The third-order valence-electron chi connectivity index (χ3n) is 4.84. The first-order chi connectivity index (χ1) is 9.35. The average Bonchev–Trinajstić information content (AvgIpc) is 2.81. The molecular weight excluding hydrogens is 332 g/mol. The normalized spacial score (nSPS) is 19.6. The lowest BCUT2D eigenvalue weighted by Gasteiger charge is -2.37. The Labute approximate surface area is 137 Å². The van der Waals surface area contributed by atoms with Crippen LogP contribution in [0.4, 0.5) is 0 Å². The molecule has 1 saturated carbocycles. The van der Waals surface area contributed by atoms with Gasteiger partial charge in [-0.2, -0.15) is 0 Å². The van der Waals surface area contributed by atoms with E-state index in [0.717, 1.165) is 10.9 Å². The fourth-order valence-corrected chi connectivity index (χ4v) is 5.26. The highest BCUT2D eigenvalue weighted by atomic mass is 79.9. The molecule has 1 atom stereocenters. The molecule has 1 aromatic rings. The van der Waals surface area contributed by atoms with E-state index < -0.39 is 0 Å². The molecule has 0 bridgehead atoms. The van der Waals surface area contributed by atoms with Crippen LogP contribution in [0.1, 0.15) is 67.5 Å². The minimum absolute atomic E-state index is 0.381. The molecule has 0 radical (unpaired) electrons. The molecule has 1 aliphatic carbocycles. The van der Waals surface area contributed by atoms with E-state index in [4.69, 9.17) is 11.6 Å². The van der Waals surface area contributed by atoms with Gasteiger partial charge in [0, 0.05) is 9.85 Å². The van der Waals surface area contributed by atoms with E-state index >= 15 is 0 Å². The van der Waals surface area contributed by atoms with Gasteiger partial charge in [-0.3, -0.25) is 0 Å². The minimum Gasteiger partial charge on any atom is -0.0840 e. The third kappa shape index (κ3) is 3.25. The number of hydrogen-bond acceptors (Lipinski definition) is 0. The molecule has 0 aromatic heterocycles. The van der Waals surface area contributed by atoms with E-state index in [2.05, 4.69) is 55.8 Å². The van der Waals surface area contributed by atoms with Crippen molar-refractivity contribution in [2.45, 2.75) is 64.6 Å². The van der Waals surface area contributed by atoms with E-state index in [1.807, 2.05) is 0 Å². The highest BCUT2D eigenvalue weighted by Gasteiger charge is 2.41. The lowest BCUT2D eigenvalue weighted by Crippen LogP contribution is -2.24. The summed E-state index contributed by atoms with van der Waals surface area (Å²) < 4.78 is 0. The molecule has 0 N–H and O–H groups in total. The fraction of sp³-hybridized carbons (Fsp3) is 0.667. The molecule has 0 amide bonds. The van der Waals surface area contributed by atoms with Crippen molar-refractivity contribution in [2.24, 2.45) is 11.3 Å². The van der Waals surface area contributed by atoms with Gasteiger partial charge >= 0.3 is 0 Å². The molecule has 2 heteroatoms. The summed E-state index contributed by atoms with van der Waals surface area (Å²) >= 11 is 10.6. The summed E-state index contributed by atoms with van der Waals surface area (Å²) in [4.78, 5) is 0.381. The fourth-order valence-electron chi connectivity index (χ4n) is 3.78. The monoisotopic (exact) mass is 356 g/mol. The van der Waals surface area contributed by atoms with Gasteiger partial charge in [0.2, 0.25) is 0 Å². The van der Waals surface area contributed by atoms with Crippen molar-refractivity contribution in [3.05, 3.63) is 33.8 Å². The molecule has 2 rings (SSSR count). The number of hydrogen-bond donors (Lipinski definition) is 0. The van der Waals surface area contributed by atoms with Crippen molar-refractivity contribution in [1.82, 2.24) is 0 Å². The smallest absolute Gasteiger partial charge is 0.0466 e. The van der Waals surface area contributed by atoms with Crippen LogP contribution in [0, 0.1) is 25.2 Å². The van der Waals surface area contributed by atoms with Crippen LogP contribution < -0.4 is 0 Å². The molecule has 1 aliphatic rings. The molecule has 0 spiro atoms. The second-order valence-corrected chi connectivity index (χ2v) is 8.31. The number of aryl methyl sites for hydroxylation is 2. The molecule has 1 aromatic carbocycles. The summed E-state index contributed by atoms with van der Waals surface area (Å²) in [5.41, 5.74) is 4.30. The number of benzene rings is 1. The van der Waals surface area contributed by atoms with Gasteiger partial charge in [0.1, 0.15) is 0 Å². The molecule has 20 heavy (non-hydrogen) atoms. The average molecular weight is 358 g/mol. The van der Waals surface area contributed by atoms with Gasteiger partial charge in [0.15, 0.2) is 0 Å². The highest BCUT2D eigenvalue weighted by molar-refractivity contribution is 9.09. The first-order valence-electron chi connectivity index (χ1n) is 7.76.